The molecule has 1 amide bonds. The van der Waals surface area contributed by atoms with Gasteiger partial charge in [0.05, 0.1) is 30.2 Å². The largest absolute Gasteiger partial charge is 0.494 e. The lowest BCUT2D eigenvalue weighted by atomic mass is 10.1. The van der Waals surface area contributed by atoms with Gasteiger partial charge in [0, 0.05) is 49.4 Å². The van der Waals surface area contributed by atoms with Gasteiger partial charge in [-0.25, -0.2) is 19.7 Å². The summed E-state index contributed by atoms with van der Waals surface area (Å²) in [5, 5.41) is 0.893. The Bertz CT molecular complexity index is 1090. The van der Waals surface area contributed by atoms with E-state index >= 15 is 0 Å². The average Bonchev–Trinajstić information content (AvgIpc) is 2.78. The smallest absolute Gasteiger partial charge is 0.410 e. The zero-order valence-electron chi connectivity index (χ0n) is 18.9. The van der Waals surface area contributed by atoms with E-state index in [0.717, 1.165) is 33.7 Å². The minimum atomic E-state index is -0.496. The molecule has 0 radical (unpaired) electrons. The first-order chi connectivity index (χ1) is 15.3. The van der Waals surface area contributed by atoms with Crippen molar-refractivity contribution in [1.29, 1.82) is 0 Å². The number of fused-ring (bicyclic) bond motifs is 1. The number of piperazine rings is 1. The molecule has 9 heteroatoms. The van der Waals surface area contributed by atoms with Crippen LogP contribution < -0.4 is 9.64 Å². The number of hydrogen-bond acceptors (Lipinski definition) is 8. The molecule has 0 unspecified atom stereocenters. The molecule has 0 bridgehead atoms. The van der Waals surface area contributed by atoms with E-state index in [1.54, 1.807) is 23.5 Å². The SMILES string of the molecule is CCOc1cc(-c2cnc(N3CCN(C(=O)OC(C)(C)C)CC3)cn2)c2cncnc2c1. The van der Waals surface area contributed by atoms with Crippen molar-refractivity contribution >= 4 is 22.8 Å². The van der Waals surface area contributed by atoms with Crippen molar-refractivity contribution in [3.05, 3.63) is 37.1 Å². The van der Waals surface area contributed by atoms with Gasteiger partial charge in [-0.2, -0.15) is 0 Å². The third-order valence-corrected chi connectivity index (χ3v) is 5.08. The maximum Gasteiger partial charge on any atom is 0.410 e. The van der Waals surface area contributed by atoms with Crippen molar-refractivity contribution < 1.29 is 14.3 Å². The summed E-state index contributed by atoms with van der Waals surface area (Å²) < 4.78 is 11.2. The van der Waals surface area contributed by atoms with Gasteiger partial charge in [0.2, 0.25) is 0 Å². The van der Waals surface area contributed by atoms with E-state index in [4.69, 9.17) is 9.47 Å². The van der Waals surface area contributed by atoms with E-state index in [9.17, 15) is 4.79 Å². The van der Waals surface area contributed by atoms with Crippen molar-refractivity contribution in [2.75, 3.05) is 37.7 Å². The monoisotopic (exact) mass is 436 g/mol. The molecule has 3 aromatic rings. The number of aromatic nitrogens is 4. The number of carbonyl (C=O) groups excluding carboxylic acids is 1. The Morgan fingerprint density at radius 3 is 2.47 bits per heavy atom. The second-order valence-corrected chi connectivity index (χ2v) is 8.57. The Labute approximate surface area is 187 Å². The number of hydrogen-bond donors (Lipinski definition) is 0. The van der Waals surface area contributed by atoms with Crippen LogP contribution in [0.15, 0.2) is 37.1 Å². The molecular weight excluding hydrogens is 408 g/mol. The Kier molecular flexibility index (Phi) is 6.07. The molecule has 1 fully saturated rings. The van der Waals surface area contributed by atoms with Gasteiger partial charge in [-0.15, -0.1) is 0 Å². The summed E-state index contributed by atoms with van der Waals surface area (Å²) in [6.07, 6.45) is 6.54. The number of anilines is 1. The molecular formula is C23H28N6O3. The molecule has 2 aromatic heterocycles. The number of benzene rings is 1. The first-order valence-corrected chi connectivity index (χ1v) is 10.8. The van der Waals surface area contributed by atoms with Crippen molar-refractivity contribution in [1.82, 2.24) is 24.8 Å². The number of amides is 1. The molecule has 168 valence electrons. The summed E-state index contributed by atoms with van der Waals surface area (Å²) in [7, 11) is 0. The van der Waals surface area contributed by atoms with Gasteiger partial charge in [-0.1, -0.05) is 0 Å². The fourth-order valence-corrected chi connectivity index (χ4v) is 3.59. The van der Waals surface area contributed by atoms with E-state index in [2.05, 4.69) is 24.8 Å². The van der Waals surface area contributed by atoms with E-state index in [-0.39, 0.29) is 6.09 Å². The van der Waals surface area contributed by atoms with Crippen molar-refractivity contribution in [2.24, 2.45) is 0 Å². The molecule has 0 N–H and O–H groups in total. The molecule has 4 rings (SSSR count). The second kappa shape index (κ2) is 8.94. The molecule has 3 heterocycles. The summed E-state index contributed by atoms with van der Waals surface area (Å²) >= 11 is 0. The molecule has 0 aliphatic carbocycles. The molecule has 0 atom stereocenters. The highest BCUT2D eigenvalue weighted by molar-refractivity contribution is 5.94. The summed E-state index contributed by atoms with van der Waals surface area (Å²) in [5.74, 6) is 1.51. The molecule has 9 nitrogen and oxygen atoms in total. The van der Waals surface area contributed by atoms with Gasteiger partial charge in [0.25, 0.3) is 0 Å². The molecule has 1 aliphatic heterocycles. The van der Waals surface area contributed by atoms with Crippen LogP contribution in [0.4, 0.5) is 10.6 Å². The van der Waals surface area contributed by atoms with Gasteiger partial charge in [0.15, 0.2) is 0 Å². The topological polar surface area (TPSA) is 93.6 Å². The minimum Gasteiger partial charge on any atom is -0.494 e. The third-order valence-electron chi connectivity index (χ3n) is 5.08. The Balaban J connectivity index is 1.49. The predicted octanol–water partition coefficient (Wildman–Crippen LogP) is 3.54. The molecule has 32 heavy (non-hydrogen) atoms. The minimum absolute atomic E-state index is 0.276. The summed E-state index contributed by atoms with van der Waals surface area (Å²) in [6.45, 7) is 10.6. The normalized spacial score (nSPS) is 14.5. The van der Waals surface area contributed by atoms with E-state index < -0.39 is 5.60 Å². The van der Waals surface area contributed by atoms with Gasteiger partial charge >= 0.3 is 6.09 Å². The number of ether oxygens (including phenoxy) is 2. The molecule has 0 spiro atoms. The Morgan fingerprint density at radius 1 is 1.03 bits per heavy atom. The Morgan fingerprint density at radius 2 is 1.81 bits per heavy atom. The van der Waals surface area contributed by atoms with Crippen LogP contribution in [-0.4, -0.2) is 69.3 Å². The third kappa shape index (κ3) is 4.87. The van der Waals surface area contributed by atoms with Crippen LogP contribution in [0.2, 0.25) is 0 Å². The molecule has 1 aliphatic rings. The zero-order chi connectivity index (χ0) is 22.7. The molecule has 1 saturated heterocycles. The van der Waals surface area contributed by atoms with Crippen molar-refractivity contribution in [2.45, 2.75) is 33.3 Å². The summed E-state index contributed by atoms with van der Waals surface area (Å²) in [4.78, 5) is 33.9. The van der Waals surface area contributed by atoms with Crippen LogP contribution in [0.5, 0.6) is 5.75 Å². The van der Waals surface area contributed by atoms with Gasteiger partial charge in [0.1, 0.15) is 23.5 Å². The zero-order valence-corrected chi connectivity index (χ0v) is 18.9. The first-order valence-electron chi connectivity index (χ1n) is 10.8. The van der Waals surface area contributed by atoms with Gasteiger partial charge in [-0.3, -0.25) is 4.98 Å². The highest BCUT2D eigenvalue weighted by Gasteiger charge is 2.26. The fourth-order valence-electron chi connectivity index (χ4n) is 3.59. The number of carbonyl (C=O) groups is 1. The molecule has 0 saturated carbocycles. The highest BCUT2D eigenvalue weighted by Crippen LogP contribution is 2.31. The lowest BCUT2D eigenvalue weighted by Crippen LogP contribution is -2.50. The quantitative estimate of drug-likeness (QED) is 0.613. The van der Waals surface area contributed by atoms with E-state index in [1.807, 2.05) is 39.8 Å². The number of rotatable bonds is 4. The summed E-state index contributed by atoms with van der Waals surface area (Å²) in [6, 6.07) is 3.84. The van der Waals surface area contributed by atoms with Crippen LogP contribution in [0.25, 0.3) is 22.2 Å². The lowest BCUT2D eigenvalue weighted by molar-refractivity contribution is 0.0240. The van der Waals surface area contributed by atoms with Crippen molar-refractivity contribution in [3.63, 3.8) is 0 Å². The average molecular weight is 437 g/mol. The molecule has 1 aromatic carbocycles. The second-order valence-electron chi connectivity index (χ2n) is 8.57. The van der Waals surface area contributed by atoms with Crippen LogP contribution >= 0.6 is 0 Å². The fraction of sp³-hybridized carbons (Fsp3) is 0.435. The highest BCUT2D eigenvalue weighted by atomic mass is 16.6. The van der Waals surface area contributed by atoms with E-state index in [0.29, 0.717) is 32.8 Å². The summed E-state index contributed by atoms with van der Waals surface area (Å²) in [5.41, 5.74) is 1.90. The van der Waals surface area contributed by atoms with Gasteiger partial charge < -0.3 is 19.3 Å². The number of nitrogens with zero attached hydrogens (tertiary/aromatic N) is 6. The maximum atomic E-state index is 12.3. The van der Waals surface area contributed by atoms with Crippen LogP contribution in [0.1, 0.15) is 27.7 Å². The Hall–Kier alpha value is -3.49. The lowest BCUT2D eigenvalue weighted by Gasteiger charge is -2.36. The van der Waals surface area contributed by atoms with Crippen LogP contribution in [0, 0.1) is 0 Å². The maximum absolute atomic E-state index is 12.3. The van der Waals surface area contributed by atoms with Crippen LogP contribution in [-0.2, 0) is 4.74 Å². The van der Waals surface area contributed by atoms with Gasteiger partial charge in [-0.05, 0) is 33.8 Å². The van der Waals surface area contributed by atoms with Crippen molar-refractivity contribution in [3.8, 4) is 17.0 Å². The standard InChI is InChI=1S/C23H28N6O3/c1-5-31-16-10-17(18-12-24-15-27-19(18)11-16)20-13-26-21(14-25-20)28-6-8-29(9-7-28)22(30)32-23(2,3)4/h10-15H,5-9H2,1-4H3. The first kappa shape index (κ1) is 21.7. The predicted molar refractivity (Wildman–Crippen MR) is 122 cm³/mol. The van der Waals surface area contributed by atoms with Crippen LogP contribution in [0.3, 0.4) is 0 Å². The van der Waals surface area contributed by atoms with E-state index in [1.165, 1.54) is 6.33 Å².